The molecule has 1 aromatic rings. The lowest BCUT2D eigenvalue weighted by molar-refractivity contribution is -0.00190. The third-order valence-electron chi connectivity index (χ3n) is 3.23. The highest BCUT2D eigenvalue weighted by Crippen LogP contribution is 2.32. The lowest BCUT2D eigenvalue weighted by Crippen LogP contribution is -2.31. The summed E-state index contributed by atoms with van der Waals surface area (Å²) in [5, 5.41) is 7.29. The van der Waals surface area contributed by atoms with E-state index < -0.39 is 0 Å². The number of rotatable bonds is 1. The molecule has 3 rings (SSSR count). The number of nitrogens with zero attached hydrogens (tertiary/aromatic N) is 1. The van der Waals surface area contributed by atoms with Crippen LogP contribution in [0.4, 0.5) is 4.39 Å². The number of hydrogen-bond donors (Lipinski definition) is 1. The summed E-state index contributed by atoms with van der Waals surface area (Å²) in [5.74, 6) is -0.229. The Morgan fingerprint density at radius 2 is 2.25 bits per heavy atom. The van der Waals surface area contributed by atoms with Crippen LogP contribution >= 0.6 is 0 Å². The van der Waals surface area contributed by atoms with E-state index >= 15 is 0 Å². The molecule has 4 heteroatoms. The Morgan fingerprint density at radius 3 is 3.00 bits per heavy atom. The van der Waals surface area contributed by atoms with Gasteiger partial charge < -0.3 is 10.2 Å². The summed E-state index contributed by atoms with van der Waals surface area (Å²) in [5.41, 5.74) is 1.06. The van der Waals surface area contributed by atoms with Crippen LogP contribution in [-0.2, 0) is 4.84 Å². The van der Waals surface area contributed by atoms with Gasteiger partial charge >= 0.3 is 0 Å². The maximum atomic E-state index is 13.6. The van der Waals surface area contributed by atoms with Crippen LogP contribution in [0.5, 0.6) is 0 Å². The molecule has 0 amide bonds. The molecule has 0 aromatic heterocycles. The zero-order valence-electron chi connectivity index (χ0n) is 8.87. The van der Waals surface area contributed by atoms with Gasteiger partial charge in [-0.05, 0) is 12.6 Å². The van der Waals surface area contributed by atoms with Gasteiger partial charge in [-0.1, -0.05) is 23.4 Å². The monoisotopic (exact) mass is 220 g/mol. The zero-order chi connectivity index (χ0) is 11.0. The first-order valence-electron chi connectivity index (χ1n) is 5.50. The molecule has 0 radical (unpaired) electrons. The van der Waals surface area contributed by atoms with Gasteiger partial charge in [0.2, 0.25) is 0 Å². The second-order valence-corrected chi connectivity index (χ2v) is 4.40. The Hall–Kier alpha value is -1.42. The number of nitrogens with one attached hydrogen (secondary N) is 1. The minimum absolute atomic E-state index is 0.225. The highest BCUT2D eigenvalue weighted by atomic mass is 19.1. The molecule has 2 heterocycles. The van der Waals surface area contributed by atoms with Gasteiger partial charge in [0.25, 0.3) is 0 Å². The van der Waals surface area contributed by atoms with Gasteiger partial charge in [-0.15, -0.1) is 0 Å². The molecule has 1 N–H and O–H groups in total. The third kappa shape index (κ3) is 1.50. The fraction of sp³-hybridized carbons (Fsp3) is 0.417. The highest BCUT2D eigenvalue weighted by Gasteiger charge is 2.42. The average Bonchev–Trinajstić information content (AvgIpc) is 2.91. The largest absolute Gasteiger partial charge is 0.387 e. The predicted octanol–water partition coefficient (Wildman–Crippen LogP) is 1.68. The molecule has 2 aliphatic rings. The van der Waals surface area contributed by atoms with E-state index in [0.29, 0.717) is 12.0 Å². The van der Waals surface area contributed by atoms with Gasteiger partial charge in [-0.3, -0.25) is 0 Å². The summed E-state index contributed by atoms with van der Waals surface area (Å²) in [4.78, 5) is 5.48. The van der Waals surface area contributed by atoms with Crippen LogP contribution in [-0.4, -0.2) is 24.4 Å². The lowest BCUT2D eigenvalue weighted by atomic mass is 9.93. The summed E-state index contributed by atoms with van der Waals surface area (Å²) in [6.45, 7) is 1.74. The first kappa shape index (κ1) is 9.78. The van der Waals surface area contributed by atoms with Crippen LogP contribution in [0, 0.1) is 5.82 Å². The molecule has 1 spiro atoms. The van der Waals surface area contributed by atoms with Crippen LogP contribution < -0.4 is 5.32 Å². The van der Waals surface area contributed by atoms with Crippen molar-refractivity contribution in [2.24, 2.45) is 5.16 Å². The molecule has 1 unspecified atom stereocenters. The quantitative estimate of drug-likeness (QED) is 0.781. The van der Waals surface area contributed by atoms with Crippen molar-refractivity contribution in [2.75, 3.05) is 13.1 Å². The Kier molecular flexibility index (Phi) is 2.17. The summed E-state index contributed by atoms with van der Waals surface area (Å²) >= 11 is 0. The average molecular weight is 220 g/mol. The summed E-state index contributed by atoms with van der Waals surface area (Å²) in [6.07, 6.45) is 1.63. The van der Waals surface area contributed by atoms with Crippen LogP contribution in [0.25, 0.3) is 0 Å². The van der Waals surface area contributed by atoms with E-state index in [4.69, 9.17) is 4.84 Å². The van der Waals surface area contributed by atoms with Crippen molar-refractivity contribution in [3.63, 3.8) is 0 Å². The first-order chi connectivity index (χ1) is 7.79. The molecule has 0 bridgehead atoms. The van der Waals surface area contributed by atoms with E-state index in [1.54, 1.807) is 12.1 Å². The minimum atomic E-state index is -0.229. The molecule has 1 saturated heterocycles. The van der Waals surface area contributed by atoms with Crippen molar-refractivity contribution < 1.29 is 9.23 Å². The van der Waals surface area contributed by atoms with E-state index in [1.807, 2.05) is 6.07 Å². The number of hydrogen-bond acceptors (Lipinski definition) is 3. The molecule has 0 saturated carbocycles. The Balaban J connectivity index is 1.86. The maximum Gasteiger partial charge on any atom is 0.156 e. The van der Waals surface area contributed by atoms with Crippen molar-refractivity contribution >= 4 is 5.71 Å². The molecule has 0 aliphatic carbocycles. The zero-order valence-corrected chi connectivity index (χ0v) is 8.87. The Morgan fingerprint density at radius 1 is 1.38 bits per heavy atom. The normalized spacial score (nSPS) is 28.2. The third-order valence-corrected chi connectivity index (χ3v) is 3.23. The molecule has 1 fully saturated rings. The van der Waals surface area contributed by atoms with Crippen molar-refractivity contribution in [1.29, 1.82) is 0 Å². The topological polar surface area (TPSA) is 33.6 Å². The number of oxime groups is 1. The fourth-order valence-corrected chi connectivity index (χ4v) is 2.31. The highest BCUT2D eigenvalue weighted by molar-refractivity contribution is 6.01. The van der Waals surface area contributed by atoms with Gasteiger partial charge in [0.05, 0.1) is 5.71 Å². The molecule has 84 valence electrons. The van der Waals surface area contributed by atoms with Crippen molar-refractivity contribution in [2.45, 2.75) is 18.4 Å². The van der Waals surface area contributed by atoms with Crippen LogP contribution in [0.3, 0.4) is 0 Å². The smallest absolute Gasteiger partial charge is 0.156 e. The number of benzene rings is 1. The minimum Gasteiger partial charge on any atom is -0.387 e. The van der Waals surface area contributed by atoms with E-state index in [9.17, 15) is 4.39 Å². The summed E-state index contributed by atoms with van der Waals surface area (Å²) in [6, 6.07) is 6.70. The SMILES string of the molecule is Fc1ccccc1C1=NOC2(CCNC2)C1. The van der Waals surface area contributed by atoms with Gasteiger partial charge in [0.1, 0.15) is 5.82 Å². The van der Waals surface area contributed by atoms with E-state index in [1.165, 1.54) is 6.07 Å². The fourth-order valence-electron chi connectivity index (χ4n) is 2.31. The molecule has 3 nitrogen and oxygen atoms in total. The lowest BCUT2D eigenvalue weighted by Gasteiger charge is -2.18. The molecule has 1 aromatic carbocycles. The summed E-state index contributed by atoms with van der Waals surface area (Å²) in [7, 11) is 0. The van der Waals surface area contributed by atoms with Crippen molar-refractivity contribution in [3.8, 4) is 0 Å². The van der Waals surface area contributed by atoms with E-state index in [-0.39, 0.29) is 11.4 Å². The Bertz CT molecular complexity index is 438. The number of halogens is 1. The van der Waals surface area contributed by atoms with Crippen LogP contribution in [0.2, 0.25) is 0 Å². The van der Waals surface area contributed by atoms with Crippen LogP contribution in [0.1, 0.15) is 18.4 Å². The van der Waals surface area contributed by atoms with Crippen LogP contribution in [0.15, 0.2) is 29.4 Å². The molecule has 2 aliphatic heterocycles. The second kappa shape index (κ2) is 3.56. The standard InChI is InChI=1S/C12H13FN2O/c13-10-4-2-1-3-9(10)11-7-12(16-15-11)5-6-14-8-12/h1-4,14H,5-8H2. The molecular formula is C12H13FN2O. The predicted molar refractivity (Wildman–Crippen MR) is 58.9 cm³/mol. The second-order valence-electron chi connectivity index (χ2n) is 4.40. The van der Waals surface area contributed by atoms with Gasteiger partial charge in [-0.2, -0.15) is 0 Å². The van der Waals surface area contributed by atoms with Gasteiger partial charge in [-0.25, -0.2) is 4.39 Å². The van der Waals surface area contributed by atoms with Crippen molar-refractivity contribution in [3.05, 3.63) is 35.6 Å². The Labute approximate surface area is 93.3 Å². The molecule has 1 atom stereocenters. The molecule has 16 heavy (non-hydrogen) atoms. The van der Waals surface area contributed by atoms with E-state index in [0.717, 1.165) is 25.2 Å². The summed E-state index contributed by atoms with van der Waals surface area (Å²) < 4.78 is 13.6. The van der Waals surface area contributed by atoms with Gasteiger partial charge in [0, 0.05) is 24.9 Å². The molecular weight excluding hydrogens is 207 g/mol. The van der Waals surface area contributed by atoms with E-state index in [2.05, 4.69) is 10.5 Å². The first-order valence-corrected chi connectivity index (χ1v) is 5.50. The van der Waals surface area contributed by atoms with Gasteiger partial charge in [0.15, 0.2) is 5.60 Å². The van der Waals surface area contributed by atoms with Crippen molar-refractivity contribution in [1.82, 2.24) is 5.32 Å². The maximum absolute atomic E-state index is 13.6.